The van der Waals surface area contributed by atoms with Crippen molar-refractivity contribution in [3.8, 4) is 0 Å². The lowest BCUT2D eigenvalue weighted by Crippen LogP contribution is -2.28. The van der Waals surface area contributed by atoms with E-state index in [1.165, 1.54) is 51.4 Å². The van der Waals surface area contributed by atoms with Crippen LogP contribution in [0.15, 0.2) is 12.7 Å². The molecule has 2 aliphatic rings. The molecule has 0 aliphatic heterocycles. The van der Waals surface area contributed by atoms with Gasteiger partial charge in [-0.3, -0.25) is 0 Å². The third kappa shape index (κ3) is 5.75. The fourth-order valence-electron chi connectivity index (χ4n) is 4.26. The molecule has 2 saturated carbocycles. The summed E-state index contributed by atoms with van der Waals surface area (Å²) in [6.07, 6.45) is 13.2. The average molecular weight is 294 g/mol. The van der Waals surface area contributed by atoms with E-state index in [0.717, 1.165) is 43.5 Å². The third-order valence-corrected chi connectivity index (χ3v) is 5.60. The van der Waals surface area contributed by atoms with Crippen LogP contribution in [0.1, 0.15) is 58.3 Å². The van der Waals surface area contributed by atoms with Crippen molar-refractivity contribution >= 4 is 0 Å². The minimum atomic E-state index is 0.712. The molecule has 2 rings (SSSR count). The summed E-state index contributed by atoms with van der Waals surface area (Å²) in [4.78, 5) is 0. The van der Waals surface area contributed by atoms with Crippen LogP contribution in [0.25, 0.3) is 0 Å². The largest absolute Gasteiger partial charge is 0.381 e. The first-order chi connectivity index (χ1) is 10.3. The van der Waals surface area contributed by atoms with Gasteiger partial charge in [-0.25, -0.2) is 0 Å². The predicted octanol–water partition coefficient (Wildman–Crippen LogP) is 4.84. The van der Waals surface area contributed by atoms with Crippen molar-refractivity contribution in [3.63, 3.8) is 0 Å². The molecule has 0 aromatic carbocycles. The highest BCUT2D eigenvalue weighted by Crippen LogP contribution is 2.41. The number of rotatable bonds is 8. The third-order valence-electron chi connectivity index (χ3n) is 5.60. The summed E-state index contributed by atoms with van der Waals surface area (Å²) in [6, 6.07) is 0. The van der Waals surface area contributed by atoms with E-state index in [9.17, 15) is 0 Å². The number of hydrogen-bond donors (Lipinski definition) is 0. The summed E-state index contributed by atoms with van der Waals surface area (Å²) in [5, 5.41) is 0. The lowest BCUT2D eigenvalue weighted by Gasteiger charge is -2.37. The van der Waals surface area contributed by atoms with Crippen LogP contribution in [0.4, 0.5) is 0 Å². The Morgan fingerprint density at radius 2 is 1.29 bits per heavy atom. The van der Waals surface area contributed by atoms with Crippen LogP contribution in [0.3, 0.4) is 0 Å². The molecule has 0 aromatic heterocycles. The zero-order chi connectivity index (χ0) is 14.9. The van der Waals surface area contributed by atoms with Gasteiger partial charge in [-0.15, -0.1) is 6.58 Å². The summed E-state index contributed by atoms with van der Waals surface area (Å²) < 4.78 is 11.2. The highest BCUT2D eigenvalue weighted by atomic mass is 16.5. The summed E-state index contributed by atoms with van der Waals surface area (Å²) in [7, 11) is 0. The molecule has 2 heteroatoms. The smallest absolute Gasteiger partial charge is 0.0644 e. The van der Waals surface area contributed by atoms with Crippen molar-refractivity contribution in [2.45, 2.75) is 58.3 Å². The molecule has 122 valence electrons. The molecule has 21 heavy (non-hydrogen) atoms. The van der Waals surface area contributed by atoms with Gasteiger partial charge in [0.1, 0.15) is 0 Å². The van der Waals surface area contributed by atoms with Crippen LogP contribution in [-0.4, -0.2) is 26.4 Å². The van der Waals surface area contributed by atoms with Crippen LogP contribution in [0, 0.1) is 23.7 Å². The van der Waals surface area contributed by atoms with Crippen molar-refractivity contribution in [2.75, 3.05) is 26.4 Å². The molecule has 0 amide bonds. The molecule has 0 aromatic rings. The highest BCUT2D eigenvalue weighted by molar-refractivity contribution is 4.82. The predicted molar refractivity (Wildman–Crippen MR) is 88.4 cm³/mol. The van der Waals surface area contributed by atoms with Crippen LogP contribution in [0.2, 0.25) is 0 Å². The highest BCUT2D eigenvalue weighted by Gasteiger charge is 2.30. The Balaban J connectivity index is 1.61. The number of ether oxygens (including phenoxy) is 2. The maximum atomic E-state index is 5.62. The van der Waals surface area contributed by atoms with E-state index < -0.39 is 0 Å². The Morgan fingerprint density at radius 3 is 1.71 bits per heavy atom. The van der Waals surface area contributed by atoms with Gasteiger partial charge in [0.05, 0.1) is 6.61 Å². The first-order valence-electron chi connectivity index (χ1n) is 9.09. The van der Waals surface area contributed by atoms with Gasteiger partial charge < -0.3 is 9.47 Å². The second kappa shape index (κ2) is 9.63. The normalized spacial score (nSPS) is 33.8. The molecule has 0 spiro atoms. The van der Waals surface area contributed by atoms with Gasteiger partial charge in [0.2, 0.25) is 0 Å². The zero-order valence-corrected chi connectivity index (χ0v) is 13.9. The molecule has 0 atom stereocenters. The summed E-state index contributed by atoms with van der Waals surface area (Å²) in [5.41, 5.74) is 0. The van der Waals surface area contributed by atoms with Crippen molar-refractivity contribution in [2.24, 2.45) is 23.7 Å². The fraction of sp³-hybridized carbons (Fsp3) is 0.895. The SMILES string of the molecule is C=CCOC[C@H]1CC[C@H]([C@H]2CC[C@H](COCC)CC2)CC1. The Kier molecular flexibility index (Phi) is 7.81. The van der Waals surface area contributed by atoms with Crippen LogP contribution in [0.5, 0.6) is 0 Å². The molecule has 0 radical (unpaired) electrons. The van der Waals surface area contributed by atoms with E-state index >= 15 is 0 Å². The van der Waals surface area contributed by atoms with Crippen molar-refractivity contribution in [3.05, 3.63) is 12.7 Å². The topological polar surface area (TPSA) is 18.5 Å². The molecular formula is C19H34O2. The van der Waals surface area contributed by atoms with E-state index in [4.69, 9.17) is 9.47 Å². The van der Waals surface area contributed by atoms with Crippen molar-refractivity contribution in [1.82, 2.24) is 0 Å². The molecule has 0 N–H and O–H groups in total. The Hall–Kier alpha value is -0.340. The molecule has 0 bridgehead atoms. The second-order valence-corrected chi connectivity index (χ2v) is 7.05. The standard InChI is InChI=1S/C19H34O2/c1-3-13-21-15-17-7-11-19(12-8-17)18-9-5-16(6-10-18)14-20-4-2/h3,16-19H,1,4-15H2,2H3/t16-,17-,18-,19-. The van der Waals surface area contributed by atoms with Gasteiger partial charge in [0.15, 0.2) is 0 Å². The fourth-order valence-corrected chi connectivity index (χ4v) is 4.26. The lowest BCUT2D eigenvalue weighted by molar-refractivity contribution is 0.0595. The quantitative estimate of drug-likeness (QED) is 0.471. The maximum Gasteiger partial charge on any atom is 0.0644 e. The van der Waals surface area contributed by atoms with Crippen molar-refractivity contribution < 1.29 is 9.47 Å². The molecule has 2 nitrogen and oxygen atoms in total. The van der Waals surface area contributed by atoms with Crippen LogP contribution < -0.4 is 0 Å². The van der Waals surface area contributed by atoms with Gasteiger partial charge in [-0.2, -0.15) is 0 Å². The van der Waals surface area contributed by atoms with E-state index in [2.05, 4.69) is 13.5 Å². The van der Waals surface area contributed by atoms with Gasteiger partial charge in [-0.05, 0) is 82.0 Å². The summed E-state index contributed by atoms with van der Waals surface area (Å²) in [6.45, 7) is 9.33. The monoisotopic (exact) mass is 294 g/mol. The molecule has 2 aliphatic carbocycles. The number of hydrogen-bond acceptors (Lipinski definition) is 2. The van der Waals surface area contributed by atoms with E-state index in [0.29, 0.717) is 6.61 Å². The summed E-state index contributed by atoms with van der Waals surface area (Å²) >= 11 is 0. The van der Waals surface area contributed by atoms with Crippen LogP contribution >= 0.6 is 0 Å². The van der Waals surface area contributed by atoms with Gasteiger partial charge >= 0.3 is 0 Å². The average Bonchev–Trinajstić information content (AvgIpc) is 2.54. The first-order valence-corrected chi connectivity index (χ1v) is 9.09. The lowest BCUT2D eigenvalue weighted by atomic mass is 9.69. The zero-order valence-electron chi connectivity index (χ0n) is 13.9. The second-order valence-electron chi connectivity index (χ2n) is 7.05. The van der Waals surface area contributed by atoms with E-state index in [1.807, 2.05) is 6.08 Å². The van der Waals surface area contributed by atoms with Gasteiger partial charge in [-0.1, -0.05) is 6.08 Å². The minimum Gasteiger partial charge on any atom is -0.381 e. The molecule has 2 fully saturated rings. The summed E-state index contributed by atoms with van der Waals surface area (Å²) in [5.74, 6) is 3.63. The van der Waals surface area contributed by atoms with Crippen molar-refractivity contribution in [1.29, 1.82) is 0 Å². The Morgan fingerprint density at radius 1 is 0.810 bits per heavy atom. The Bertz CT molecular complexity index is 273. The molecule has 0 saturated heterocycles. The first kappa shape index (κ1) is 17.0. The van der Waals surface area contributed by atoms with E-state index in [-0.39, 0.29) is 0 Å². The van der Waals surface area contributed by atoms with E-state index in [1.54, 1.807) is 0 Å². The molecule has 0 unspecified atom stereocenters. The molecular weight excluding hydrogens is 260 g/mol. The maximum absolute atomic E-state index is 5.62. The van der Waals surface area contributed by atoms with Gasteiger partial charge in [0, 0.05) is 19.8 Å². The minimum absolute atomic E-state index is 0.712. The molecule has 0 heterocycles. The Labute approximate surface area is 131 Å². The van der Waals surface area contributed by atoms with Crippen LogP contribution in [-0.2, 0) is 9.47 Å². The van der Waals surface area contributed by atoms with Gasteiger partial charge in [0.25, 0.3) is 0 Å².